The Morgan fingerprint density at radius 1 is 0.318 bits per heavy atom. The van der Waals surface area contributed by atoms with E-state index in [1.165, 1.54) is 154 Å². The summed E-state index contributed by atoms with van der Waals surface area (Å²) >= 11 is 23.8. The van der Waals surface area contributed by atoms with Crippen LogP contribution in [0.2, 0.25) is 20.1 Å². The van der Waals surface area contributed by atoms with E-state index in [1.807, 2.05) is 27.7 Å². The zero-order valence-corrected chi connectivity index (χ0v) is 85.9. The number of hydrogen-bond acceptors (Lipinski definition) is 28. The maximum atomic E-state index is 13.8. The molecule has 0 aliphatic carbocycles. The highest BCUT2D eigenvalue weighted by atomic mass is 35.5. The van der Waals surface area contributed by atoms with Crippen LogP contribution in [0, 0.1) is 35.6 Å². The van der Waals surface area contributed by atoms with Gasteiger partial charge >= 0.3 is 0 Å². The van der Waals surface area contributed by atoms with E-state index >= 15 is 0 Å². The Morgan fingerprint density at radius 3 is 0.858 bits per heavy atom. The van der Waals surface area contributed by atoms with Crippen molar-refractivity contribution in [1.29, 1.82) is 0 Å². The summed E-state index contributed by atoms with van der Waals surface area (Å²) in [5.41, 5.74) is 0.581. The lowest BCUT2D eigenvalue weighted by Crippen LogP contribution is -2.30. The molecule has 38 heteroatoms. The third kappa shape index (κ3) is 28.4. The van der Waals surface area contributed by atoms with Crippen LogP contribution in [0.4, 0.5) is 17.6 Å². The second-order valence-corrected chi connectivity index (χ2v) is 34.5. The van der Waals surface area contributed by atoms with Crippen LogP contribution in [0.3, 0.4) is 0 Å². The van der Waals surface area contributed by atoms with Crippen LogP contribution in [0.25, 0.3) is 45.0 Å². The zero-order valence-electron chi connectivity index (χ0n) is 82.9. The molecule has 5 N–H and O–H groups in total. The topological polar surface area (TPSA) is 392 Å². The number of Topliss-reactive ketones (excluding diaryl/α,β-unsaturated/α-hetero) is 5. The van der Waals surface area contributed by atoms with Crippen LogP contribution in [0.1, 0.15) is 185 Å². The molecule has 8 aromatic carbocycles. The third-order valence-electron chi connectivity index (χ3n) is 23.1. The van der Waals surface area contributed by atoms with Gasteiger partial charge in [0.05, 0.1) is 133 Å². The van der Waals surface area contributed by atoms with Crippen molar-refractivity contribution in [2.24, 2.45) is 0 Å². The Hall–Kier alpha value is -15.1. The van der Waals surface area contributed by atoms with Crippen LogP contribution >= 0.6 is 46.4 Å². The fourth-order valence-electron chi connectivity index (χ4n) is 15.0. The van der Waals surface area contributed by atoms with Crippen molar-refractivity contribution in [3.05, 3.63) is 306 Å². The number of hydrogen-bond donors (Lipinski definition) is 5. The van der Waals surface area contributed by atoms with Crippen molar-refractivity contribution >= 4 is 75.3 Å². The number of halogens is 8. The summed E-state index contributed by atoms with van der Waals surface area (Å²) in [5.74, 6) is 4.46. The van der Waals surface area contributed by atoms with Gasteiger partial charge < -0.3 is 72.2 Å². The van der Waals surface area contributed by atoms with Gasteiger partial charge in [-0.15, -0.1) is 6.42 Å². The maximum Gasteiger partial charge on any atom is 0.181 e. The molecule has 6 aromatic heterocycles. The molecule has 0 fully saturated rings. The highest BCUT2D eigenvalue weighted by Gasteiger charge is 2.40. The number of rotatable bonds is 46. The van der Waals surface area contributed by atoms with Crippen molar-refractivity contribution in [1.82, 2.24) is 50.8 Å². The summed E-state index contributed by atoms with van der Waals surface area (Å²) in [6, 6.07) is 49.1. The smallest absolute Gasteiger partial charge is 0.181 e. The number of aromatic nitrogens is 10. The quantitative estimate of drug-likeness (QED) is 0.0134. The summed E-state index contributed by atoms with van der Waals surface area (Å²) < 4.78 is 120. The van der Waals surface area contributed by atoms with Gasteiger partial charge in [-0.1, -0.05) is 80.0 Å². The fraction of sp³-hybridized carbons (Fsp3) is 0.282. The van der Waals surface area contributed by atoms with E-state index in [4.69, 9.17) is 110 Å². The molecule has 0 saturated heterocycles. The number of aliphatic hydroxyl groups is 3. The van der Waals surface area contributed by atoms with Crippen LogP contribution in [-0.4, -0.2) is 178 Å². The van der Waals surface area contributed by atoms with E-state index in [9.17, 15) is 56.9 Å². The third-order valence-corrected chi connectivity index (χ3v) is 24.2. The van der Waals surface area contributed by atoms with Gasteiger partial charge in [0.2, 0.25) is 0 Å². The molecule has 0 spiro atoms. The summed E-state index contributed by atoms with van der Waals surface area (Å²) in [6.45, 7) is 10.1. The highest BCUT2D eigenvalue weighted by molar-refractivity contribution is 6.32. The predicted octanol–water partition coefficient (Wildman–Crippen LogP) is 22.8. The molecule has 0 saturated carbocycles. The number of ether oxygens (including phenoxy) is 12. The average Bonchev–Trinajstić information content (AvgIpc) is 1.49. The number of ketones is 5. The van der Waals surface area contributed by atoms with Crippen molar-refractivity contribution < 1.29 is 114 Å². The van der Waals surface area contributed by atoms with Crippen LogP contribution in [0.15, 0.2) is 207 Å². The van der Waals surface area contributed by atoms with Crippen LogP contribution in [0.5, 0.6) is 69.0 Å². The Balaban J connectivity index is 0.000000188. The number of nitrogens with one attached hydrogen (secondary N) is 2. The first kappa shape index (κ1) is 113. The lowest BCUT2D eigenvalue weighted by molar-refractivity contribution is 0.0560. The summed E-state index contributed by atoms with van der Waals surface area (Å²) in [5, 5.41) is 55.5. The number of carbonyl (C=O) groups is 5. The minimum atomic E-state index is -1.84. The molecule has 0 amide bonds. The average molecular weight is 2110 g/mol. The molecule has 0 bridgehead atoms. The van der Waals surface area contributed by atoms with Gasteiger partial charge in [0.1, 0.15) is 86.1 Å². The van der Waals surface area contributed by atoms with E-state index < -0.39 is 40.1 Å². The molecule has 14 rings (SSSR count). The molecule has 30 nitrogen and oxygen atoms in total. The molecule has 14 aromatic rings. The summed E-state index contributed by atoms with van der Waals surface area (Å²) in [4.78, 5) is 83.0. The zero-order chi connectivity index (χ0) is 107. The Labute approximate surface area is 872 Å². The maximum absolute atomic E-state index is 13.8. The van der Waals surface area contributed by atoms with Gasteiger partial charge in [0, 0.05) is 83.0 Å². The molecular weight excluding hydrogens is 2000 g/mol. The lowest BCUT2D eigenvalue weighted by atomic mass is 9.87. The normalized spacial score (nSPS) is 12.1. The SMILES string of the molecule is C#CC(O)(CCC(=O)c1ccc(OCCC)c(OC)c1)c1ccc(OC)c(-c2ccc(F)c(Cl)c2)n1.CCCOc1ccc(C(=O)CCC(=O)c2ccc(OC)c(-c3ccc(F)c(Cl)c3)n2)cc1OC.CCCOc1ccc(C(=O)CCC(O)(c2cn[nH]n2)c2ccc(OC)c(-c3ccc(F)c(Cl)c3)n2)cc1OC.CCCOc1ccc(C(=O)CCC(O)(c2cn[nH]n2)c2ccc(OC)c(-c3ccc(F)c(Cl)c3)n2)cc1OC. The van der Waals surface area contributed by atoms with Gasteiger partial charge in [-0.25, -0.2) is 37.5 Å². The number of terminal acetylenes is 1. The monoisotopic (exact) mass is 2100 g/mol. The van der Waals surface area contributed by atoms with Gasteiger partial charge in [-0.05, 0) is 233 Å². The predicted molar refractivity (Wildman–Crippen MR) is 550 cm³/mol. The first-order chi connectivity index (χ1) is 71.2. The number of aromatic amines is 2. The van der Waals surface area contributed by atoms with E-state index in [1.54, 1.807) is 109 Å². The van der Waals surface area contributed by atoms with Gasteiger partial charge in [0.15, 0.2) is 91.7 Å². The van der Waals surface area contributed by atoms with Gasteiger partial charge in [-0.3, -0.25) is 24.0 Å². The molecule has 0 aliphatic heterocycles. The fourth-order valence-corrected chi connectivity index (χ4v) is 15.8. The molecule has 774 valence electrons. The molecule has 3 atom stereocenters. The second-order valence-electron chi connectivity index (χ2n) is 32.9. The first-order valence-electron chi connectivity index (χ1n) is 46.5. The highest BCUT2D eigenvalue weighted by Crippen LogP contribution is 2.44. The minimum Gasteiger partial charge on any atom is -0.494 e. The number of nitrogens with zero attached hydrogens (tertiary/aromatic N) is 8. The van der Waals surface area contributed by atoms with Crippen molar-refractivity contribution in [2.45, 2.75) is 122 Å². The van der Waals surface area contributed by atoms with E-state index in [-0.39, 0.29) is 135 Å². The molecule has 6 heterocycles. The van der Waals surface area contributed by atoms with Gasteiger partial charge in [-0.2, -0.15) is 30.8 Å². The van der Waals surface area contributed by atoms with E-state index in [2.05, 4.69) is 56.7 Å². The standard InChI is InChI=1S/2C28H28ClFN4O5.C28H27ClFNO5.C26H25ClFNO5/c2*1-4-13-39-22-8-6-17(15-24(22)38-3)21(35)11-12-28(36,26-16-31-34-33-26)25-10-9-23(37-2)27(32-25)18-5-7-20(30)19(29)14-18;1-5-15-36-23-10-8-18(17-25(23)35-4)22(32)13-14-28(33,6-2)26-12-11-24(34-3)27(31-26)19-7-9-21(30)20(29)16-19;1-4-13-34-23-11-6-16(15-25(23)33-3)21(30)9-10-22(31)20-8-12-24(32-2)26(29-20)17-5-7-19(28)18(27)14-17/h2*5-10,14-16,36H,4,11-13H2,1-3H3,(H,31,33,34);2,7-12,16-17,33H,5,13-15H2,1,3-4H3;5-8,11-12,14-15H,4,9-10,13H2,1-3H3. The van der Waals surface area contributed by atoms with Crippen LogP contribution < -0.4 is 56.8 Å². The van der Waals surface area contributed by atoms with Crippen LogP contribution in [-0.2, 0) is 16.8 Å². The Kier molecular flexibility index (Phi) is 41.2. The number of methoxy groups -OCH3 is 8. The molecule has 0 radical (unpaired) electrons. The minimum absolute atomic E-state index is 0.00255. The molecular formula is C110H108Cl4F4N10O20. The largest absolute Gasteiger partial charge is 0.494 e. The Morgan fingerprint density at radius 2 is 0.581 bits per heavy atom. The van der Waals surface area contributed by atoms with Gasteiger partial charge in [0.25, 0.3) is 0 Å². The number of H-pyrrole nitrogens is 2. The summed E-state index contributed by atoms with van der Waals surface area (Å²) in [7, 11) is 11.9. The number of pyridine rings is 4. The lowest BCUT2D eigenvalue weighted by Gasteiger charge is -2.26. The number of benzene rings is 8. The van der Waals surface area contributed by atoms with E-state index in [0.29, 0.717) is 163 Å². The van der Waals surface area contributed by atoms with Crippen molar-refractivity contribution in [3.8, 4) is 126 Å². The van der Waals surface area contributed by atoms with Crippen molar-refractivity contribution in [2.75, 3.05) is 83.3 Å². The number of carbonyl (C=O) groups excluding carboxylic acids is 5. The molecule has 0 aliphatic rings. The molecule has 3 unspecified atom stereocenters. The summed E-state index contributed by atoms with van der Waals surface area (Å²) in [6.07, 6.45) is 11.4. The Bertz CT molecular complexity index is 6810. The second kappa shape index (κ2) is 53.8. The first-order valence-corrected chi connectivity index (χ1v) is 48.1. The van der Waals surface area contributed by atoms with Crippen molar-refractivity contribution in [3.63, 3.8) is 0 Å². The van der Waals surface area contributed by atoms with E-state index in [0.717, 1.165) is 25.7 Å². The molecule has 148 heavy (non-hydrogen) atoms.